The minimum atomic E-state index is -3.60. The second kappa shape index (κ2) is 9.46. The average Bonchev–Trinajstić information content (AvgIpc) is 2.90. The van der Waals surface area contributed by atoms with Crippen LogP contribution in [0.15, 0.2) is 23.7 Å². The molecule has 0 aromatic carbocycles. The van der Waals surface area contributed by atoms with Crippen LogP contribution in [0.3, 0.4) is 0 Å². The summed E-state index contributed by atoms with van der Waals surface area (Å²) in [7, 11) is 0. The summed E-state index contributed by atoms with van der Waals surface area (Å²) in [4.78, 5) is 25.4. The van der Waals surface area contributed by atoms with E-state index in [1.807, 2.05) is 0 Å². The molecule has 5 heteroatoms. The number of carbonyl (C=O) groups excluding carboxylic acids is 2. The van der Waals surface area contributed by atoms with Gasteiger partial charge in [0.2, 0.25) is 1.43 Å². The van der Waals surface area contributed by atoms with Gasteiger partial charge in [0.05, 0.1) is 22.6 Å². The number of ether oxygens (including phenoxy) is 2. The molecule has 1 aliphatic heterocycles. The number of rotatable bonds is 7. The zero-order valence-corrected chi connectivity index (χ0v) is 16.3. The molecule has 5 nitrogen and oxygen atoms in total. The van der Waals surface area contributed by atoms with Crippen molar-refractivity contribution in [3.63, 3.8) is 0 Å². The Kier molecular flexibility index (Phi) is 3.02. The van der Waals surface area contributed by atoms with E-state index in [4.69, 9.17) is 31.5 Å². The number of aliphatic hydroxyl groups excluding tert-OH is 1. The highest BCUT2D eigenvalue weighted by Gasteiger charge is 2.42. The Balaban J connectivity index is 2.23. The highest BCUT2D eigenvalue weighted by molar-refractivity contribution is 5.72. The highest BCUT2D eigenvalue weighted by atomic mass is 16.5. The van der Waals surface area contributed by atoms with Crippen LogP contribution in [0, 0.1) is 29.5 Å². The minimum absolute atomic E-state index is 0.0601. The zero-order chi connectivity index (χ0) is 34.9. The summed E-state index contributed by atoms with van der Waals surface area (Å²) in [6.07, 6.45) is -11.0. The first kappa shape index (κ1) is 9.25. The predicted octanol–water partition coefficient (Wildman–Crippen LogP) is 4.20. The molecule has 1 saturated heterocycles. The monoisotopic (exact) mass is 420 g/mol. The van der Waals surface area contributed by atoms with Crippen molar-refractivity contribution in [2.75, 3.05) is 0 Å². The molecule has 0 aromatic rings. The number of allylic oxidation sites excluding steroid dienone is 3. The molecular formula is C24H36O5. The van der Waals surface area contributed by atoms with Crippen molar-refractivity contribution in [2.24, 2.45) is 29.5 Å². The summed E-state index contributed by atoms with van der Waals surface area (Å²) in [6.45, 7) is -4.84. The predicted molar refractivity (Wildman–Crippen MR) is 111 cm³/mol. The first-order chi connectivity index (χ1) is 20.2. The molecule has 3 aliphatic rings. The zero-order valence-electron chi connectivity index (χ0n) is 32.3. The van der Waals surface area contributed by atoms with Crippen molar-refractivity contribution in [3.05, 3.63) is 23.7 Å². The first-order valence-electron chi connectivity index (χ1n) is 17.5. The average molecular weight is 421 g/mol. The Bertz CT molecular complexity index is 1250. The maximum atomic E-state index is 13.4. The molecule has 0 spiro atoms. The molecule has 1 fully saturated rings. The largest absolute Gasteiger partial charge is 0.462 e. The van der Waals surface area contributed by atoms with Crippen molar-refractivity contribution >= 4 is 11.9 Å². The van der Waals surface area contributed by atoms with E-state index < -0.39 is 110 Å². The molecule has 3 rings (SSSR count). The third kappa shape index (κ3) is 5.30. The van der Waals surface area contributed by atoms with Gasteiger partial charge >= 0.3 is 11.9 Å². The Morgan fingerprint density at radius 2 is 2.48 bits per heavy atom. The van der Waals surface area contributed by atoms with Crippen molar-refractivity contribution in [1.29, 1.82) is 1.43 Å². The number of carbonyl (C=O) groups is 2. The van der Waals surface area contributed by atoms with Crippen molar-refractivity contribution in [1.82, 2.24) is 0 Å². The highest BCUT2D eigenvalue weighted by Crippen LogP contribution is 2.45. The third-order valence-electron chi connectivity index (χ3n) is 5.42. The fourth-order valence-corrected chi connectivity index (χ4v) is 3.86. The van der Waals surface area contributed by atoms with E-state index in [0.717, 1.165) is 6.92 Å². The Labute approximate surface area is 197 Å². The molecule has 0 bridgehead atoms. The summed E-state index contributed by atoms with van der Waals surface area (Å²) in [5.41, 5.74) is -0.617. The van der Waals surface area contributed by atoms with Gasteiger partial charge in [0.1, 0.15) is 12.2 Å². The summed E-state index contributed by atoms with van der Waals surface area (Å²) in [5.74, 6) is -12.9. The van der Waals surface area contributed by atoms with Gasteiger partial charge in [-0.25, -0.2) is 0 Å². The van der Waals surface area contributed by atoms with E-state index in [1.54, 1.807) is 0 Å². The van der Waals surface area contributed by atoms with E-state index in [9.17, 15) is 9.59 Å². The van der Waals surface area contributed by atoms with Crippen LogP contribution in [0.1, 0.15) is 86.5 Å². The fraction of sp³-hybridized carbons (Fsp3) is 0.750. The third-order valence-corrected chi connectivity index (χ3v) is 5.42. The lowest BCUT2D eigenvalue weighted by atomic mass is 9.65. The van der Waals surface area contributed by atoms with Gasteiger partial charge in [0, 0.05) is 28.8 Å². The van der Waals surface area contributed by atoms with E-state index in [0.29, 0.717) is 0 Å². The SMILES string of the molecule is [2H]O[C@H]1CC(=O)OC(CC[C@@H]2[C@@H]3C(=C([2H])[C@]([2H])(C([2H])([2H])[2H])C([2H])([2H])C3OC(=O)[C@@H](C)C([2H])([2H])C([2H])([2H])[2H])C([2H])=C([2H])[C@]2([2H])C)C1. The van der Waals surface area contributed by atoms with Gasteiger partial charge in [-0.05, 0) is 48.9 Å². The van der Waals surface area contributed by atoms with E-state index in [-0.39, 0.29) is 25.7 Å². The number of hydrogen-bond donors (Lipinski definition) is 1. The van der Waals surface area contributed by atoms with Crippen LogP contribution in [-0.4, -0.2) is 36.8 Å². The minimum Gasteiger partial charge on any atom is -0.462 e. The number of esters is 2. The summed E-state index contributed by atoms with van der Waals surface area (Å²) in [5, 5.41) is 4.54. The van der Waals surface area contributed by atoms with Crippen molar-refractivity contribution < 1.29 is 44.7 Å². The Morgan fingerprint density at radius 3 is 3.24 bits per heavy atom. The maximum Gasteiger partial charge on any atom is 0.308 e. The number of fused-ring (bicyclic) bond motifs is 1. The van der Waals surface area contributed by atoms with Crippen LogP contribution in [0.4, 0.5) is 0 Å². The molecular weight excluding hydrogens is 368 g/mol. The second-order valence-corrected chi connectivity index (χ2v) is 7.60. The Hall–Kier alpha value is -1.62. The number of cyclic esters (lactones) is 1. The molecule has 162 valence electrons. The molecule has 2 aliphatic carbocycles. The van der Waals surface area contributed by atoms with Crippen LogP contribution in [0.25, 0.3) is 0 Å². The molecule has 1 heterocycles. The summed E-state index contributed by atoms with van der Waals surface area (Å²) >= 11 is 0. The molecule has 0 amide bonds. The standard InChI is InChI=1S/C24H36O5/c1-5-15(3)24(27)29-21-11-14(2)10-17-7-6-16(4)20(23(17)21)9-8-19-12-18(25)13-22(26)28-19/h6-7,10,14-16,18-21,23,25H,5,8-9,11-13H2,1-4H3/t14-,15-,16-,18+,19?,20-,21?,23-/m0/s1/i1D3,2D3,5D2,6D,7D,10D,11D2,14D,16D,25D. The lowest BCUT2D eigenvalue weighted by Gasteiger charge is -2.43. The number of aliphatic hydroxyl groups is 1. The van der Waals surface area contributed by atoms with Crippen LogP contribution in [-0.2, 0) is 19.1 Å². The van der Waals surface area contributed by atoms with Gasteiger partial charge in [-0.3, -0.25) is 9.59 Å². The fourth-order valence-electron chi connectivity index (χ4n) is 3.86. The van der Waals surface area contributed by atoms with Gasteiger partial charge in [0.25, 0.3) is 0 Å². The molecule has 0 aromatic heterocycles. The van der Waals surface area contributed by atoms with Crippen LogP contribution in [0.2, 0.25) is 0 Å². The lowest BCUT2D eigenvalue weighted by Crippen LogP contribution is -2.42. The molecule has 1 N–H and O–H groups in total. The smallest absolute Gasteiger partial charge is 0.308 e. The quantitative estimate of drug-likeness (QED) is 0.625. The van der Waals surface area contributed by atoms with Gasteiger partial charge in [0.15, 0.2) is 0 Å². The van der Waals surface area contributed by atoms with Crippen molar-refractivity contribution in [3.8, 4) is 0 Å². The Morgan fingerprint density at radius 1 is 1.62 bits per heavy atom. The van der Waals surface area contributed by atoms with Gasteiger partial charge < -0.3 is 14.6 Å². The van der Waals surface area contributed by atoms with E-state index in [2.05, 4.69) is 5.11 Å². The molecule has 2 unspecified atom stereocenters. The van der Waals surface area contributed by atoms with Gasteiger partial charge in [-0.1, -0.05) is 45.7 Å². The number of hydrogen-bond acceptors (Lipinski definition) is 5. The van der Waals surface area contributed by atoms with Crippen LogP contribution in [0.5, 0.6) is 0 Å². The molecule has 29 heavy (non-hydrogen) atoms. The topological polar surface area (TPSA) is 72.8 Å². The first-order valence-corrected chi connectivity index (χ1v) is 9.61. The van der Waals surface area contributed by atoms with E-state index >= 15 is 0 Å². The van der Waals surface area contributed by atoms with Gasteiger partial charge in [-0.2, -0.15) is 0 Å². The van der Waals surface area contributed by atoms with Crippen molar-refractivity contribution in [2.45, 2.75) is 84.3 Å². The molecule has 8 atom stereocenters. The molecule has 0 radical (unpaired) electrons. The maximum absolute atomic E-state index is 13.4. The van der Waals surface area contributed by atoms with E-state index in [1.165, 1.54) is 6.92 Å². The van der Waals surface area contributed by atoms with Gasteiger partial charge in [-0.15, -0.1) is 0 Å². The lowest BCUT2D eigenvalue weighted by molar-refractivity contribution is -0.162. The molecule has 0 saturated carbocycles. The summed E-state index contributed by atoms with van der Waals surface area (Å²) in [6, 6.07) is -2.71. The summed E-state index contributed by atoms with van der Waals surface area (Å²) < 4.78 is 142. The second-order valence-electron chi connectivity index (χ2n) is 7.60. The van der Waals surface area contributed by atoms with Crippen LogP contribution >= 0.6 is 0 Å². The normalized spacial score (nSPS) is 55.1. The van der Waals surface area contributed by atoms with Crippen LogP contribution < -0.4 is 0 Å².